The molecule has 0 radical (unpaired) electrons. The molecule has 0 fully saturated rings. The Hall–Kier alpha value is -2.02. The van der Waals surface area contributed by atoms with Crippen molar-refractivity contribution in [1.82, 2.24) is 15.0 Å². The van der Waals surface area contributed by atoms with E-state index in [0.717, 1.165) is 24.2 Å². The maximum atomic E-state index is 12.1. The minimum atomic E-state index is -2.83. The summed E-state index contributed by atoms with van der Waals surface area (Å²) in [6.45, 7) is -0.0620. The minimum Gasteiger partial charge on any atom is -0.435 e. The second-order valence-corrected chi connectivity index (χ2v) is 4.31. The zero-order chi connectivity index (χ0) is 14.5. The number of nitrogens with zero attached hydrogens (tertiary/aromatic N) is 3. The lowest BCUT2D eigenvalue weighted by Crippen LogP contribution is -2.17. The van der Waals surface area contributed by atoms with Crippen LogP contribution in [-0.2, 0) is 6.54 Å². The van der Waals surface area contributed by atoms with Gasteiger partial charge in [-0.15, -0.1) is 5.10 Å². The molecule has 0 spiro atoms. The van der Waals surface area contributed by atoms with E-state index in [-0.39, 0.29) is 5.75 Å². The normalized spacial score (nSPS) is 12.7. The van der Waals surface area contributed by atoms with Crippen molar-refractivity contribution >= 4 is 0 Å². The molecule has 0 aliphatic carbocycles. The van der Waals surface area contributed by atoms with Gasteiger partial charge < -0.3 is 10.5 Å². The fourth-order valence-electron chi connectivity index (χ4n) is 1.92. The Morgan fingerprint density at radius 1 is 1.30 bits per heavy atom. The Kier molecular flexibility index (Phi) is 4.62. The van der Waals surface area contributed by atoms with Gasteiger partial charge in [-0.1, -0.05) is 24.3 Å². The first-order valence-electron chi connectivity index (χ1n) is 6.30. The number of halogens is 2. The quantitative estimate of drug-likeness (QED) is 0.883. The fourth-order valence-corrected chi connectivity index (χ4v) is 1.92. The van der Waals surface area contributed by atoms with Crippen LogP contribution in [0, 0.1) is 0 Å². The molecule has 2 aromatic rings. The van der Waals surface area contributed by atoms with E-state index in [1.807, 2.05) is 6.92 Å². The molecule has 0 aliphatic heterocycles. The largest absolute Gasteiger partial charge is 0.435 e. The molecule has 0 amide bonds. The highest BCUT2D eigenvalue weighted by atomic mass is 19.3. The van der Waals surface area contributed by atoms with Crippen LogP contribution < -0.4 is 10.5 Å². The van der Waals surface area contributed by atoms with E-state index in [1.54, 1.807) is 23.0 Å². The van der Waals surface area contributed by atoms with E-state index in [0.29, 0.717) is 0 Å². The second-order valence-electron chi connectivity index (χ2n) is 4.31. The number of alkyl halides is 2. The summed E-state index contributed by atoms with van der Waals surface area (Å²) in [5.74, 6) is 0.108. The van der Waals surface area contributed by atoms with Crippen molar-refractivity contribution in [2.75, 3.05) is 0 Å². The van der Waals surface area contributed by atoms with Gasteiger partial charge in [0, 0.05) is 6.54 Å². The summed E-state index contributed by atoms with van der Waals surface area (Å²) < 4.78 is 30.2. The van der Waals surface area contributed by atoms with Gasteiger partial charge in [-0.25, -0.2) is 4.68 Å². The summed E-state index contributed by atoms with van der Waals surface area (Å²) in [6, 6.07) is 5.85. The second kappa shape index (κ2) is 6.42. The van der Waals surface area contributed by atoms with Crippen LogP contribution in [0.5, 0.6) is 5.75 Å². The monoisotopic (exact) mass is 282 g/mol. The van der Waals surface area contributed by atoms with Crippen LogP contribution in [-0.4, -0.2) is 21.6 Å². The van der Waals surface area contributed by atoms with Gasteiger partial charge in [-0.2, -0.15) is 8.78 Å². The lowest BCUT2D eigenvalue weighted by Gasteiger charge is -2.14. The Balaban J connectivity index is 2.16. The molecule has 5 nitrogen and oxygen atoms in total. The van der Waals surface area contributed by atoms with Crippen LogP contribution in [0.3, 0.4) is 0 Å². The van der Waals surface area contributed by atoms with E-state index in [9.17, 15) is 8.78 Å². The molecule has 1 unspecified atom stereocenters. The Labute approximate surface area is 115 Å². The zero-order valence-corrected chi connectivity index (χ0v) is 11.0. The molecule has 0 saturated heterocycles. The summed E-state index contributed by atoms with van der Waals surface area (Å²) in [7, 11) is 0. The van der Waals surface area contributed by atoms with Crippen LogP contribution in [0.25, 0.3) is 0 Å². The van der Waals surface area contributed by atoms with Crippen molar-refractivity contribution in [1.29, 1.82) is 0 Å². The highest BCUT2D eigenvalue weighted by molar-refractivity contribution is 5.32. The molecule has 1 aromatic carbocycles. The molecule has 1 aromatic heterocycles. The van der Waals surface area contributed by atoms with Crippen molar-refractivity contribution in [2.45, 2.75) is 32.5 Å². The molecule has 1 atom stereocenters. The summed E-state index contributed by atoms with van der Waals surface area (Å²) in [5.41, 5.74) is 7.72. The number of nitrogens with two attached hydrogens (primary N) is 1. The van der Waals surface area contributed by atoms with Gasteiger partial charge in [0.25, 0.3) is 0 Å². The molecule has 2 N–H and O–H groups in total. The van der Waals surface area contributed by atoms with E-state index in [1.165, 1.54) is 12.1 Å². The third-order valence-electron chi connectivity index (χ3n) is 2.87. The molecule has 20 heavy (non-hydrogen) atoms. The summed E-state index contributed by atoms with van der Waals surface area (Å²) in [6.07, 6.45) is 2.54. The molecule has 1 heterocycles. The molecular weight excluding hydrogens is 266 g/mol. The van der Waals surface area contributed by atoms with E-state index in [4.69, 9.17) is 5.73 Å². The number of ether oxygens (including phenoxy) is 1. The SMILES string of the molecule is CCCn1nncc1C(N)c1ccc(OC(F)F)cc1. The molecule has 0 bridgehead atoms. The minimum absolute atomic E-state index is 0.108. The predicted molar refractivity (Wildman–Crippen MR) is 69.4 cm³/mol. The molecule has 2 rings (SSSR count). The Morgan fingerprint density at radius 2 is 2.00 bits per heavy atom. The number of rotatable bonds is 6. The molecular formula is C13H16F2N4O. The van der Waals surface area contributed by atoms with E-state index >= 15 is 0 Å². The van der Waals surface area contributed by atoms with Crippen LogP contribution in [0.15, 0.2) is 30.5 Å². The summed E-state index contributed by atoms with van der Waals surface area (Å²) in [4.78, 5) is 0. The summed E-state index contributed by atoms with van der Waals surface area (Å²) in [5, 5.41) is 7.83. The van der Waals surface area contributed by atoms with Gasteiger partial charge >= 0.3 is 6.61 Å². The van der Waals surface area contributed by atoms with Crippen molar-refractivity contribution in [2.24, 2.45) is 5.73 Å². The maximum absolute atomic E-state index is 12.1. The average Bonchev–Trinajstić information content (AvgIpc) is 2.87. The third kappa shape index (κ3) is 3.30. The summed E-state index contributed by atoms with van der Waals surface area (Å²) >= 11 is 0. The third-order valence-corrected chi connectivity index (χ3v) is 2.87. The number of hydrogen-bond acceptors (Lipinski definition) is 4. The van der Waals surface area contributed by atoms with Gasteiger partial charge in [0.2, 0.25) is 0 Å². The van der Waals surface area contributed by atoms with Crippen LogP contribution in [0.4, 0.5) is 8.78 Å². The molecule has 0 aliphatic rings. The van der Waals surface area contributed by atoms with Gasteiger partial charge in [-0.05, 0) is 24.1 Å². The lowest BCUT2D eigenvalue weighted by molar-refractivity contribution is -0.0498. The van der Waals surface area contributed by atoms with Crippen LogP contribution in [0.1, 0.15) is 30.6 Å². The van der Waals surface area contributed by atoms with Crippen LogP contribution in [0.2, 0.25) is 0 Å². The van der Waals surface area contributed by atoms with Gasteiger partial charge in [0.1, 0.15) is 5.75 Å². The van der Waals surface area contributed by atoms with Crippen molar-refractivity contribution in [3.05, 3.63) is 41.7 Å². The van der Waals surface area contributed by atoms with Crippen molar-refractivity contribution in [3.8, 4) is 5.75 Å². The topological polar surface area (TPSA) is 66.0 Å². The molecule has 0 saturated carbocycles. The van der Waals surface area contributed by atoms with Crippen molar-refractivity contribution in [3.63, 3.8) is 0 Å². The standard InChI is InChI=1S/C13H16F2N4O/c1-2-7-19-11(8-17-18-19)12(16)9-3-5-10(6-4-9)20-13(14)15/h3-6,8,12-13H,2,7,16H2,1H3. The predicted octanol–water partition coefficient (Wildman–Crippen LogP) is 2.34. The van der Waals surface area contributed by atoms with E-state index < -0.39 is 12.7 Å². The van der Waals surface area contributed by atoms with Gasteiger partial charge in [-0.3, -0.25) is 0 Å². The number of aromatic nitrogens is 3. The highest BCUT2D eigenvalue weighted by Gasteiger charge is 2.15. The number of aryl methyl sites for hydroxylation is 1. The number of benzene rings is 1. The lowest BCUT2D eigenvalue weighted by atomic mass is 10.1. The van der Waals surface area contributed by atoms with Crippen LogP contribution >= 0.6 is 0 Å². The Bertz CT molecular complexity index is 542. The van der Waals surface area contributed by atoms with Gasteiger partial charge in [0.15, 0.2) is 0 Å². The maximum Gasteiger partial charge on any atom is 0.387 e. The first-order valence-corrected chi connectivity index (χ1v) is 6.30. The van der Waals surface area contributed by atoms with E-state index in [2.05, 4.69) is 15.0 Å². The smallest absolute Gasteiger partial charge is 0.387 e. The number of hydrogen-bond donors (Lipinski definition) is 1. The van der Waals surface area contributed by atoms with Gasteiger partial charge in [0.05, 0.1) is 17.9 Å². The fraction of sp³-hybridized carbons (Fsp3) is 0.385. The first kappa shape index (κ1) is 14.4. The Morgan fingerprint density at radius 3 is 2.60 bits per heavy atom. The van der Waals surface area contributed by atoms with Crippen molar-refractivity contribution < 1.29 is 13.5 Å². The first-order chi connectivity index (χ1) is 9.61. The molecule has 7 heteroatoms. The zero-order valence-electron chi connectivity index (χ0n) is 11.0. The molecule has 108 valence electrons. The average molecular weight is 282 g/mol. The highest BCUT2D eigenvalue weighted by Crippen LogP contribution is 2.22.